The van der Waals surface area contributed by atoms with Crippen molar-refractivity contribution < 1.29 is 4.39 Å². The van der Waals surface area contributed by atoms with Crippen molar-refractivity contribution in [1.82, 2.24) is 9.55 Å². The number of benzene rings is 1. The quantitative estimate of drug-likeness (QED) is 0.884. The minimum absolute atomic E-state index is 0.143. The molecule has 1 aromatic heterocycles. The van der Waals surface area contributed by atoms with Crippen molar-refractivity contribution in [1.29, 1.82) is 0 Å². The van der Waals surface area contributed by atoms with Crippen LogP contribution in [0.5, 0.6) is 0 Å². The third-order valence-electron chi connectivity index (χ3n) is 2.95. The summed E-state index contributed by atoms with van der Waals surface area (Å²) in [5, 5.41) is 0. The smallest absolute Gasteiger partial charge is 0.151 e. The summed E-state index contributed by atoms with van der Waals surface area (Å²) in [6.07, 6.45) is 1.66. The van der Waals surface area contributed by atoms with Gasteiger partial charge in [0.05, 0.1) is 5.52 Å². The van der Waals surface area contributed by atoms with Gasteiger partial charge in [0.2, 0.25) is 0 Å². The van der Waals surface area contributed by atoms with E-state index < -0.39 is 0 Å². The molecule has 92 valence electrons. The minimum Gasteiger partial charge on any atom is -0.328 e. The van der Waals surface area contributed by atoms with Crippen LogP contribution in [-0.2, 0) is 13.0 Å². The van der Waals surface area contributed by atoms with E-state index in [1.807, 2.05) is 19.9 Å². The molecule has 4 heteroatoms. The maximum Gasteiger partial charge on any atom is 0.151 e. The van der Waals surface area contributed by atoms with Crippen LogP contribution in [0.15, 0.2) is 18.2 Å². The fraction of sp³-hybridized carbons (Fsp3) is 0.462. The Hall–Kier alpha value is -1.42. The lowest BCUT2D eigenvalue weighted by molar-refractivity contribution is 0.619. The van der Waals surface area contributed by atoms with Crippen molar-refractivity contribution in [3.63, 3.8) is 0 Å². The second-order valence-electron chi connectivity index (χ2n) is 4.40. The Bertz CT molecular complexity index is 517. The fourth-order valence-electron chi connectivity index (χ4n) is 2.06. The van der Waals surface area contributed by atoms with Gasteiger partial charge in [0.1, 0.15) is 11.3 Å². The minimum atomic E-state index is -0.253. The number of hydrogen-bond acceptors (Lipinski definition) is 2. The molecule has 0 aliphatic rings. The van der Waals surface area contributed by atoms with Gasteiger partial charge in [-0.1, -0.05) is 6.07 Å². The fourth-order valence-corrected chi connectivity index (χ4v) is 2.06. The van der Waals surface area contributed by atoms with Gasteiger partial charge >= 0.3 is 0 Å². The second-order valence-corrected chi connectivity index (χ2v) is 4.40. The summed E-state index contributed by atoms with van der Waals surface area (Å²) >= 11 is 0. The van der Waals surface area contributed by atoms with Gasteiger partial charge in [0.25, 0.3) is 0 Å². The Morgan fingerprint density at radius 3 is 2.88 bits per heavy atom. The van der Waals surface area contributed by atoms with Gasteiger partial charge in [0, 0.05) is 19.0 Å². The van der Waals surface area contributed by atoms with Crippen molar-refractivity contribution in [3.8, 4) is 0 Å². The predicted octanol–water partition coefficient (Wildman–Crippen LogP) is 2.48. The molecule has 1 heterocycles. The highest BCUT2D eigenvalue weighted by atomic mass is 19.1. The highest BCUT2D eigenvalue weighted by molar-refractivity contribution is 5.76. The average molecular weight is 235 g/mol. The van der Waals surface area contributed by atoms with E-state index in [4.69, 9.17) is 5.73 Å². The molecule has 2 N–H and O–H groups in total. The lowest BCUT2D eigenvalue weighted by Crippen LogP contribution is -2.16. The SMILES string of the molecule is CCn1c(CCC(C)N)nc2c(F)cccc21. The highest BCUT2D eigenvalue weighted by Crippen LogP contribution is 2.20. The zero-order valence-electron chi connectivity index (χ0n) is 10.3. The van der Waals surface area contributed by atoms with Gasteiger partial charge in [-0.05, 0) is 32.4 Å². The van der Waals surface area contributed by atoms with E-state index in [-0.39, 0.29) is 11.9 Å². The number of nitrogens with zero attached hydrogens (tertiary/aromatic N) is 2. The molecular formula is C13H18FN3. The van der Waals surface area contributed by atoms with E-state index in [9.17, 15) is 4.39 Å². The normalized spacial score (nSPS) is 13.2. The van der Waals surface area contributed by atoms with Crippen LogP contribution in [-0.4, -0.2) is 15.6 Å². The molecule has 0 bridgehead atoms. The van der Waals surface area contributed by atoms with Crippen molar-refractivity contribution in [2.24, 2.45) is 5.73 Å². The number of aryl methyl sites for hydroxylation is 2. The standard InChI is InChI=1S/C13H18FN3/c1-3-17-11-6-4-5-10(14)13(11)16-12(17)8-7-9(2)15/h4-6,9H,3,7-8,15H2,1-2H3. The second kappa shape index (κ2) is 4.84. The summed E-state index contributed by atoms with van der Waals surface area (Å²) in [4.78, 5) is 4.39. The van der Waals surface area contributed by atoms with Crippen LogP contribution in [0.4, 0.5) is 4.39 Å². The number of hydrogen-bond donors (Lipinski definition) is 1. The van der Waals surface area contributed by atoms with Crippen LogP contribution in [0.1, 0.15) is 26.1 Å². The third kappa shape index (κ3) is 2.31. The monoisotopic (exact) mass is 235 g/mol. The van der Waals surface area contributed by atoms with Gasteiger partial charge in [-0.25, -0.2) is 9.37 Å². The van der Waals surface area contributed by atoms with E-state index in [1.165, 1.54) is 6.07 Å². The van der Waals surface area contributed by atoms with Crippen molar-refractivity contribution >= 4 is 11.0 Å². The van der Waals surface area contributed by atoms with E-state index >= 15 is 0 Å². The molecule has 0 spiro atoms. The highest BCUT2D eigenvalue weighted by Gasteiger charge is 2.12. The topological polar surface area (TPSA) is 43.8 Å². The van der Waals surface area contributed by atoms with Gasteiger partial charge in [-0.2, -0.15) is 0 Å². The first-order chi connectivity index (χ1) is 8.13. The first-order valence-electron chi connectivity index (χ1n) is 6.02. The Morgan fingerprint density at radius 1 is 1.47 bits per heavy atom. The number of para-hydroxylation sites is 1. The molecular weight excluding hydrogens is 217 g/mol. The number of fused-ring (bicyclic) bond motifs is 1. The molecule has 0 amide bonds. The summed E-state index contributed by atoms with van der Waals surface area (Å²) in [6.45, 7) is 4.81. The molecule has 2 rings (SSSR count). The first kappa shape index (κ1) is 12.0. The van der Waals surface area contributed by atoms with Crippen molar-refractivity contribution in [3.05, 3.63) is 29.8 Å². The molecule has 0 radical (unpaired) electrons. The summed E-state index contributed by atoms with van der Waals surface area (Å²) in [5.74, 6) is 0.668. The van der Waals surface area contributed by atoms with E-state index in [0.717, 1.165) is 30.7 Å². The number of halogens is 1. The van der Waals surface area contributed by atoms with Crippen LogP contribution in [0.25, 0.3) is 11.0 Å². The van der Waals surface area contributed by atoms with E-state index in [0.29, 0.717) is 5.52 Å². The number of aromatic nitrogens is 2. The number of rotatable bonds is 4. The van der Waals surface area contributed by atoms with Gasteiger partial charge < -0.3 is 10.3 Å². The number of imidazole rings is 1. The summed E-state index contributed by atoms with van der Waals surface area (Å²) in [6, 6.07) is 5.22. The summed E-state index contributed by atoms with van der Waals surface area (Å²) in [7, 11) is 0. The maximum absolute atomic E-state index is 13.6. The number of nitrogens with two attached hydrogens (primary N) is 1. The molecule has 1 aromatic carbocycles. The Balaban J connectivity index is 2.44. The Labute approximate surface area is 100 Å². The third-order valence-corrected chi connectivity index (χ3v) is 2.95. The molecule has 0 fully saturated rings. The Kier molecular flexibility index (Phi) is 3.43. The Morgan fingerprint density at radius 2 is 2.24 bits per heavy atom. The summed E-state index contributed by atoms with van der Waals surface area (Å²) < 4.78 is 15.7. The molecule has 0 aliphatic heterocycles. The van der Waals surface area contributed by atoms with Crippen LogP contribution >= 0.6 is 0 Å². The lowest BCUT2D eigenvalue weighted by Gasteiger charge is -2.07. The molecule has 17 heavy (non-hydrogen) atoms. The largest absolute Gasteiger partial charge is 0.328 e. The van der Waals surface area contributed by atoms with Gasteiger partial charge in [-0.15, -0.1) is 0 Å². The van der Waals surface area contributed by atoms with Crippen LogP contribution in [0.2, 0.25) is 0 Å². The molecule has 0 aliphatic carbocycles. The molecule has 2 aromatic rings. The molecule has 1 atom stereocenters. The molecule has 1 unspecified atom stereocenters. The maximum atomic E-state index is 13.6. The van der Waals surface area contributed by atoms with E-state index in [1.54, 1.807) is 6.07 Å². The van der Waals surface area contributed by atoms with Crippen LogP contribution in [0, 0.1) is 5.82 Å². The van der Waals surface area contributed by atoms with Crippen LogP contribution < -0.4 is 5.73 Å². The van der Waals surface area contributed by atoms with Crippen LogP contribution in [0.3, 0.4) is 0 Å². The predicted molar refractivity (Wildman–Crippen MR) is 67.3 cm³/mol. The molecule has 0 saturated heterocycles. The summed E-state index contributed by atoms with van der Waals surface area (Å²) in [5.41, 5.74) is 7.08. The zero-order chi connectivity index (χ0) is 12.4. The first-order valence-corrected chi connectivity index (χ1v) is 6.02. The van der Waals surface area contributed by atoms with Crippen molar-refractivity contribution in [2.75, 3.05) is 0 Å². The van der Waals surface area contributed by atoms with Gasteiger partial charge in [-0.3, -0.25) is 0 Å². The molecule has 3 nitrogen and oxygen atoms in total. The average Bonchev–Trinajstić information content (AvgIpc) is 2.65. The molecule has 0 saturated carbocycles. The van der Waals surface area contributed by atoms with Gasteiger partial charge in [0.15, 0.2) is 5.82 Å². The van der Waals surface area contributed by atoms with E-state index in [2.05, 4.69) is 9.55 Å². The van der Waals surface area contributed by atoms with Crippen molar-refractivity contribution in [2.45, 2.75) is 39.3 Å². The zero-order valence-corrected chi connectivity index (χ0v) is 10.3. The lowest BCUT2D eigenvalue weighted by atomic mass is 10.2.